The second kappa shape index (κ2) is 11.4. The first kappa shape index (κ1) is 22.7. The summed E-state index contributed by atoms with van der Waals surface area (Å²) in [5, 5.41) is 8.90. The van der Waals surface area contributed by atoms with Crippen LogP contribution < -0.4 is 15.4 Å². The predicted octanol–water partition coefficient (Wildman–Crippen LogP) is 4.03. The van der Waals surface area contributed by atoms with Gasteiger partial charge in [-0.05, 0) is 31.8 Å². The number of amides is 1. The van der Waals surface area contributed by atoms with E-state index in [1.165, 1.54) is 11.3 Å². The van der Waals surface area contributed by atoms with Crippen LogP contribution in [-0.2, 0) is 11.4 Å². The van der Waals surface area contributed by atoms with E-state index in [1.807, 2.05) is 73.8 Å². The third kappa shape index (κ3) is 7.34. The molecule has 0 bridgehead atoms. The number of benzene rings is 1. The third-order valence-electron chi connectivity index (χ3n) is 4.63. The Kier molecular flexibility index (Phi) is 8.37. The molecule has 164 valence electrons. The lowest BCUT2D eigenvalue weighted by Gasteiger charge is -2.12. The van der Waals surface area contributed by atoms with Gasteiger partial charge in [-0.2, -0.15) is 0 Å². The quantitative estimate of drug-likeness (QED) is 0.470. The number of nitrogens with zero attached hydrogens (tertiary/aromatic N) is 3. The lowest BCUT2D eigenvalue weighted by molar-refractivity contribution is -0.121. The molecule has 0 radical (unpaired) electrons. The lowest BCUT2D eigenvalue weighted by Crippen LogP contribution is -2.31. The molecule has 1 aromatic carbocycles. The summed E-state index contributed by atoms with van der Waals surface area (Å²) in [6, 6.07) is 13.7. The van der Waals surface area contributed by atoms with Crippen molar-refractivity contribution in [3.05, 3.63) is 65.3 Å². The van der Waals surface area contributed by atoms with Gasteiger partial charge in [-0.1, -0.05) is 37.3 Å². The molecule has 1 amide bonds. The summed E-state index contributed by atoms with van der Waals surface area (Å²) in [5.74, 6) is 1.35. The molecule has 2 N–H and O–H groups in total. The number of hydrogen-bond acceptors (Lipinski definition) is 7. The number of rotatable bonds is 11. The summed E-state index contributed by atoms with van der Waals surface area (Å²) >= 11 is 1.49. The van der Waals surface area contributed by atoms with Crippen molar-refractivity contribution in [3.63, 3.8) is 0 Å². The van der Waals surface area contributed by atoms with Crippen molar-refractivity contribution in [2.24, 2.45) is 0 Å². The highest BCUT2D eigenvalue weighted by molar-refractivity contribution is 7.13. The lowest BCUT2D eigenvalue weighted by atomic mass is 10.0. The number of carbonyl (C=O) groups is 1. The fourth-order valence-corrected chi connectivity index (χ4v) is 3.71. The van der Waals surface area contributed by atoms with Crippen LogP contribution >= 0.6 is 11.3 Å². The van der Waals surface area contributed by atoms with Gasteiger partial charge in [0.25, 0.3) is 0 Å². The van der Waals surface area contributed by atoms with Gasteiger partial charge >= 0.3 is 0 Å². The minimum atomic E-state index is 0.0312. The van der Waals surface area contributed by atoms with Crippen LogP contribution in [0, 0.1) is 0 Å². The molecule has 0 spiro atoms. The fourth-order valence-electron chi connectivity index (χ4n) is 2.88. The summed E-state index contributed by atoms with van der Waals surface area (Å²) in [5.41, 5.74) is 1.98. The topological polar surface area (TPSA) is 79.4 Å². The highest BCUT2D eigenvalue weighted by Gasteiger charge is 2.15. The zero-order valence-electron chi connectivity index (χ0n) is 18.2. The molecule has 31 heavy (non-hydrogen) atoms. The van der Waals surface area contributed by atoms with E-state index < -0.39 is 0 Å². The van der Waals surface area contributed by atoms with Gasteiger partial charge < -0.3 is 20.3 Å². The van der Waals surface area contributed by atoms with Gasteiger partial charge in [0.05, 0.1) is 5.69 Å². The summed E-state index contributed by atoms with van der Waals surface area (Å²) in [4.78, 5) is 23.2. The molecule has 7 nitrogen and oxygen atoms in total. The number of aromatic nitrogens is 2. The largest absolute Gasteiger partial charge is 0.485 e. The Hall–Kier alpha value is -2.97. The van der Waals surface area contributed by atoms with Crippen LogP contribution in [0.15, 0.2) is 54.0 Å². The van der Waals surface area contributed by atoms with Crippen molar-refractivity contribution in [3.8, 4) is 5.75 Å². The van der Waals surface area contributed by atoms with E-state index in [2.05, 4.69) is 20.6 Å². The van der Waals surface area contributed by atoms with Crippen LogP contribution in [0.25, 0.3) is 0 Å². The zero-order valence-corrected chi connectivity index (χ0v) is 19.0. The summed E-state index contributed by atoms with van der Waals surface area (Å²) < 4.78 is 5.95. The highest BCUT2D eigenvalue weighted by atomic mass is 32.1. The van der Waals surface area contributed by atoms with E-state index in [0.29, 0.717) is 31.1 Å². The average Bonchev–Trinajstić information content (AvgIpc) is 3.22. The molecule has 2 aromatic heterocycles. The molecule has 0 saturated carbocycles. The summed E-state index contributed by atoms with van der Waals surface area (Å²) in [7, 11) is 3.97. The van der Waals surface area contributed by atoms with Crippen molar-refractivity contribution in [1.29, 1.82) is 0 Å². The molecule has 0 fully saturated rings. The van der Waals surface area contributed by atoms with Crippen LogP contribution in [-0.4, -0.2) is 48.0 Å². The van der Waals surface area contributed by atoms with E-state index in [-0.39, 0.29) is 11.8 Å². The molecule has 1 unspecified atom stereocenters. The molecule has 0 saturated heterocycles. The Morgan fingerprint density at radius 1 is 1.19 bits per heavy atom. The first-order valence-corrected chi connectivity index (χ1v) is 11.1. The molecule has 0 aliphatic heterocycles. The van der Waals surface area contributed by atoms with E-state index in [0.717, 1.165) is 22.9 Å². The number of thiazole rings is 1. The van der Waals surface area contributed by atoms with Crippen LogP contribution in [0.5, 0.6) is 5.75 Å². The SMILES string of the molecule is CC(CC(=O)NCCN(C)C)c1csc(Nc2ncccc2OCc2ccccc2)n1. The molecule has 3 rings (SSSR count). The number of likely N-dealkylation sites (N-methyl/N-ethyl adjacent to an activating group) is 1. The number of anilines is 2. The van der Waals surface area contributed by atoms with E-state index >= 15 is 0 Å². The van der Waals surface area contributed by atoms with E-state index in [9.17, 15) is 4.79 Å². The maximum Gasteiger partial charge on any atom is 0.220 e. The average molecular weight is 440 g/mol. The normalized spacial score (nSPS) is 11.9. The Morgan fingerprint density at radius 2 is 2.00 bits per heavy atom. The van der Waals surface area contributed by atoms with Crippen molar-refractivity contribution in [1.82, 2.24) is 20.2 Å². The maximum atomic E-state index is 12.1. The molecule has 0 aliphatic carbocycles. The van der Waals surface area contributed by atoms with Crippen molar-refractivity contribution in [2.45, 2.75) is 25.9 Å². The van der Waals surface area contributed by atoms with Crippen LogP contribution in [0.2, 0.25) is 0 Å². The smallest absolute Gasteiger partial charge is 0.220 e. The van der Waals surface area contributed by atoms with Gasteiger partial charge in [-0.25, -0.2) is 9.97 Å². The molecule has 3 aromatic rings. The molecule has 1 atom stereocenters. The summed E-state index contributed by atoms with van der Waals surface area (Å²) in [6.45, 7) is 3.95. The number of ether oxygens (including phenoxy) is 1. The van der Waals surface area contributed by atoms with Crippen LogP contribution in [0.3, 0.4) is 0 Å². The van der Waals surface area contributed by atoms with Crippen LogP contribution in [0.1, 0.15) is 30.5 Å². The van der Waals surface area contributed by atoms with Crippen molar-refractivity contribution >= 4 is 28.2 Å². The highest BCUT2D eigenvalue weighted by Crippen LogP contribution is 2.30. The number of nitrogens with one attached hydrogen (secondary N) is 2. The fraction of sp³-hybridized carbons (Fsp3) is 0.348. The molecular weight excluding hydrogens is 410 g/mol. The Bertz CT molecular complexity index is 961. The standard InChI is InChI=1S/C23H29N5O2S/c1-17(14-21(29)24-12-13-28(2)3)19-16-31-23(26-19)27-22-20(10-7-11-25-22)30-15-18-8-5-4-6-9-18/h4-11,16-17H,12-15H2,1-3H3,(H,24,29)(H,25,26,27). The number of carbonyl (C=O) groups excluding carboxylic acids is 1. The van der Waals surface area contributed by atoms with Gasteiger partial charge in [0.15, 0.2) is 16.7 Å². The molecular formula is C23H29N5O2S. The van der Waals surface area contributed by atoms with Crippen LogP contribution in [0.4, 0.5) is 10.9 Å². The molecule has 2 heterocycles. The Labute approximate surface area is 187 Å². The van der Waals surface area contributed by atoms with Gasteiger partial charge in [-0.3, -0.25) is 4.79 Å². The Morgan fingerprint density at radius 3 is 2.77 bits per heavy atom. The maximum absolute atomic E-state index is 12.1. The predicted molar refractivity (Wildman–Crippen MR) is 125 cm³/mol. The first-order valence-electron chi connectivity index (χ1n) is 10.3. The first-order chi connectivity index (χ1) is 15.0. The third-order valence-corrected chi connectivity index (χ3v) is 5.41. The number of hydrogen-bond donors (Lipinski definition) is 2. The monoisotopic (exact) mass is 439 g/mol. The zero-order chi connectivity index (χ0) is 22.1. The van der Waals surface area contributed by atoms with E-state index in [1.54, 1.807) is 6.20 Å². The van der Waals surface area contributed by atoms with Gasteiger partial charge in [0.1, 0.15) is 6.61 Å². The van der Waals surface area contributed by atoms with Gasteiger partial charge in [0.2, 0.25) is 5.91 Å². The summed E-state index contributed by atoms with van der Waals surface area (Å²) in [6.07, 6.45) is 2.12. The van der Waals surface area contributed by atoms with E-state index in [4.69, 9.17) is 4.74 Å². The Balaban J connectivity index is 1.56. The van der Waals surface area contributed by atoms with Gasteiger partial charge in [0, 0.05) is 37.0 Å². The van der Waals surface area contributed by atoms with Crippen molar-refractivity contribution < 1.29 is 9.53 Å². The second-order valence-corrected chi connectivity index (χ2v) is 8.44. The van der Waals surface area contributed by atoms with Crippen molar-refractivity contribution in [2.75, 3.05) is 32.5 Å². The number of pyridine rings is 1. The molecule has 0 aliphatic rings. The second-order valence-electron chi connectivity index (χ2n) is 7.59. The van der Waals surface area contributed by atoms with Gasteiger partial charge in [-0.15, -0.1) is 11.3 Å². The molecule has 8 heteroatoms. The minimum absolute atomic E-state index is 0.0312. The minimum Gasteiger partial charge on any atom is -0.485 e.